The highest BCUT2D eigenvalue weighted by Crippen LogP contribution is 2.20. The van der Waals surface area contributed by atoms with Crippen molar-refractivity contribution in [2.45, 2.75) is 6.42 Å². The van der Waals surface area contributed by atoms with Crippen LogP contribution in [0.4, 0.5) is 10.1 Å². The molecule has 0 aliphatic heterocycles. The minimum absolute atomic E-state index is 0.0133. The zero-order chi connectivity index (χ0) is 14.8. The van der Waals surface area contributed by atoms with Crippen LogP contribution < -0.4 is 5.32 Å². The van der Waals surface area contributed by atoms with Crippen LogP contribution in [0, 0.1) is 5.82 Å². The van der Waals surface area contributed by atoms with Gasteiger partial charge in [0.1, 0.15) is 5.82 Å². The van der Waals surface area contributed by atoms with Crippen LogP contribution in [-0.2, 0) is 11.2 Å². The van der Waals surface area contributed by atoms with Gasteiger partial charge in [-0.25, -0.2) is 4.39 Å². The largest absolute Gasteiger partial charge is 0.361 e. The summed E-state index contributed by atoms with van der Waals surface area (Å²) < 4.78 is 13.1. The second-order valence-corrected chi connectivity index (χ2v) is 5.16. The number of halogens is 2. The molecule has 0 atom stereocenters. The van der Waals surface area contributed by atoms with Gasteiger partial charge in [-0.2, -0.15) is 0 Å². The van der Waals surface area contributed by atoms with Gasteiger partial charge in [0, 0.05) is 17.4 Å². The first-order valence-electron chi connectivity index (χ1n) is 6.43. The van der Waals surface area contributed by atoms with E-state index in [9.17, 15) is 9.18 Å². The summed E-state index contributed by atoms with van der Waals surface area (Å²) in [5, 5.41) is 3.79. The Labute approximate surface area is 125 Å². The first-order chi connectivity index (χ1) is 10.1. The molecule has 3 rings (SSSR count). The molecule has 0 saturated carbocycles. The Morgan fingerprint density at radius 1 is 1.19 bits per heavy atom. The number of benzene rings is 2. The lowest BCUT2D eigenvalue weighted by molar-refractivity contribution is -0.115. The van der Waals surface area contributed by atoms with Crippen LogP contribution in [0.1, 0.15) is 5.56 Å². The minimum atomic E-state index is -0.508. The number of rotatable bonds is 3. The van der Waals surface area contributed by atoms with Gasteiger partial charge in [-0.15, -0.1) is 0 Å². The van der Waals surface area contributed by atoms with Crippen LogP contribution in [0.25, 0.3) is 10.9 Å². The van der Waals surface area contributed by atoms with E-state index in [-0.39, 0.29) is 17.4 Å². The molecule has 0 fully saturated rings. The zero-order valence-corrected chi connectivity index (χ0v) is 11.7. The van der Waals surface area contributed by atoms with E-state index < -0.39 is 5.82 Å². The Hall–Kier alpha value is -2.33. The van der Waals surface area contributed by atoms with Gasteiger partial charge in [0.15, 0.2) is 0 Å². The monoisotopic (exact) mass is 302 g/mol. The quantitative estimate of drug-likeness (QED) is 0.750. The van der Waals surface area contributed by atoms with E-state index in [2.05, 4.69) is 10.3 Å². The normalized spacial score (nSPS) is 10.8. The standard InChI is InChI=1S/C16H12ClFN2O/c17-13-9-12(3-4-14(13)18)20-16(21)8-10-1-2-11-5-6-19-15(11)7-10/h1-7,9,19H,8H2,(H,20,21). The van der Waals surface area contributed by atoms with Crippen molar-refractivity contribution < 1.29 is 9.18 Å². The molecule has 0 unspecified atom stereocenters. The molecule has 0 radical (unpaired) electrons. The molecule has 21 heavy (non-hydrogen) atoms. The highest BCUT2D eigenvalue weighted by molar-refractivity contribution is 6.31. The number of hydrogen-bond donors (Lipinski definition) is 2. The van der Waals surface area contributed by atoms with Crippen LogP contribution in [-0.4, -0.2) is 10.9 Å². The molecule has 106 valence electrons. The van der Waals surface area contributed by atoms with E-state index in [0.29, 0.717) is 5.69 Å². The van der Waals surface area contributed by atoms with Gasteiger partial charge in [-0.1, -0.05) is 23.7 Å². The summed E-state index contributed by atoms with van der Waals surface area (Å²) in [7, 11) is 0. The molecule has 0 spiro atoms. The van der Waals surface area contributed by atoms with Crippen molar-refractivity contribution in [3.8, 4) is 0 Å². The molecule has 1 heterocycles. The summed E-state index contributed by atoms with van der Waals surface area (Å²) in [5.74, 6) is -0.685. The van der Waals surface area contributed by atoms with E-state index in [0.717, 1.165) is 16.5 Å². The summed E-state index contributed by atoms with van der Waals surface area (Å²) in [6.45, 7) is 0. The minimum Gasteiger partial charge on any atom is -0.361 e. The van der Waals surface area contributed by atoms with Crippen molar-refractivity contribution in [3.63, 3.8) is 0 Å². The number of H-pyrrole nitrogens is 1. The molecule has 1 aromatic heterocycles. The molecule has 2 N–H and O–H groups in total. The number of carbonyl (C=O) groups excluding carboxylic acids is 1. The third-order valence-corrected chi connectivity index (χ3v) is 3.48. The molecule has 3 aromatic rings. The molecule has 1 amide bonds. The highest BCUT2D eigenvalue weighted by Gasteiger charge is 2.07. The average Bonchev–Trinajstić information content (AvgIpc) is 2.90. The first-order valence-corrected chi connectivity index (χ1v) is 6.80. The van der Waals surface area contributed by atoms with Crippen molar-refractivity contribution in [1.29, 1.82) is 0 Å². The Kier molecular flexibility index (Phi) is 3.62. The van der Waals surface area contributed by atoms with Gasteiger partial charge < -0.3 is 10.3 Å². The van der Waals surface area contributed by atoms with Crippen molar-refractivity contribution in [2.75, 3.05) is 5.32 Å². The Morgan fingerprint density at radius 2 is 2.05 bits per heavy atom. The van der Waals surface area contributed by atoms with E-state index in [1.165, 1.54) is 18.2 Å². The Bertz CT molecular complexity index is 813. The fraction of sp³-hybridized carbons (Fsp3) is 0.0625. The predicted octanol–water partition coefficient (Wildman–Crippen LogP) is 4.14. The fourth-order valence-electron chi connectivity index (χ4n) is 2.17. The van der Waals surface area contributed by atoms with E-state index in [1.807, 2.05) is 30.5 Å². The molecule has 0 aliphatic rings. The maximum atomic E-state index is 13.1. The zero-order valence-electron chi connectivity index (χ0n) is 11.0. The molecule has 2 aromatic carbocycles. The lowest BCUT2D eigenvalue weighted by Gasteiger charge is -2.06. The second-order valence-electron chi connectivity index (χ2n) is 4.75. The van der Waals surface area contributed by atoms with Crippen molar-refractivity contribution in [2.24, 2.45) is 0 Å². The number of amides is 1. The maximum Gasteiger partial charge on any atom is 0.228 e. The molecule has 0 aliphatic carbocycles. The van der Waals surface area contributed by atoms with Gasteiger partial charge >= 0.3 is 0 Å². The fourth-order valence-corrected chi connectivity index (χ4v) is 2.35. The summed E-state index contributed by atoms with van der Waals surface area (Å²) in [6.07, 6.45) is 2.10. The van der Waals surface area contributed by atoms with Crippen LogP contribution in [0.15, 0.2) is 48.7 Å². The summed E-state index contributed by atoms with van der Waals surface area (Å²) in [4.78, 5) is 15.1. The number of carbonyl (C=O) groups is 1. The van der Waals surface area contributed by atoms with Crippen LogP contribution in [0.2, 0.25) is 5.02 Å². The number of aromatic nitrogens is 1. The summed E-state index contributed by atoms with van der Waals surface area (Å²) in [6, 6.07) is 11.9. The van der Waals surface area contributed by atoms with E-state index in [1.54, 1.807) is 0 Å². The highest BCUT2D eigenvalue weighted by atomic mass is 35.5. The first kappa shape index (κ1) is 13.6. The predicted molar refractivity (Wildman–Crippen MR) is 82.0 cm³/mol. The Balaban J connectivity index is 1.71. The van der Waals surface area contributed by atoms with E-state index >= 15 is 0 Å². The second kappa shape index (κ2) is 5.58. The summed E-state index contributed by atoms with van der Waals surface area (Å²) in [5.41, 5.74) is 2.37. The topological polar surface area (TPSA) is 44.9 Å². The lowest BCUT2D eigenvalue weighted by Crippen LogP contribution is -2.14. The smallest absolute Gasteiger partial charge is 0.228 e. The van der Waals surface area contributed by atoms with Gasteiger partial charge in [0.2, 0.25) is 5.91 Å². The van der Waals surface area contributed by atoms with Crippen molar-refractivity contribution in [1.82, 2.24) is 4.98 Å². The lowest BCUT2D eigenvalue weighted by atomic mass is 10.1. The van der Waals surface area contributed by atoms with Crippen LogP contribution in [0.3, 0.4) is 0 Å². The van der Waals surface area contributed by atoms with Gasteiger partial charge in [0.25, 0.3) is 0 Å². The molecular formula is C16H12ClFN2O. The van der Waals surface area contributed by atoms with Crippen molar-refractivity contribution >= 4 is 34.1 Å². The van der Waals surface area contributed by atoms with Crippen molar-refractivity contribution in [3.05, 3.63) is 65.1 Å². The van der Waals surface area contributed by atoms with E-state index in [4.69, 9.17) is 11.6 Å². The molecule has 5 heteroatoms. The number of hydrogen-bond acceptors (Lipinski definition) is 1. The number of fused-ring (bicyclic) bond motifs is 1. The number of nitrogens with one attached hydrogen (secondary N) is 2. The molecular weight excluding hydrogens is 291 g/mol. The summed E-state index contributed by atoms with van der Waals surface area (Å²) >= 11 is 5.68. The van der Waals surface area contributed by atoms with Crippen LogP contribution in [0.5, 0.6) is 0 Å². The molecule has 0 bridgehead atoms. The molecule has 3 nitrogen and oxygen atoms in total. The third-order valence-electron chi connectivity index (χ3n) is 3.19. The SMILES string of the molecule is O=C(Cc1ccc2cc[nH]c2c1)Nc1ccc(F)c(Cl)c1. The third kappa shape index (κ3) is 3.06. The van der Waals surface area contributed by atoms with Gasteiger partial charge in [0.05, 0.1) is 11.4 Å². The van der Waals surface area contributed by atoms with Crippen LogP contribution >= 0.6 is 11.6 Å². The average molecular weight is 303 g/mol. The van der Waals surface area contributed by atoms with Gasteiger partial charge in [-0.3, -0.25) is 4.79 Å². The number of aromatic amines is 1. The Morgan fingerprint density at radius 3 is 2.86 bits per heavy atom. The number of anilines is 1. The molecule has 0 saturated heterocycles. The van der Waals surface area contributed by atoms with Gasteiger partial charge in [-0.05, 0) is 41.3 Å². The maximum absolute atomic E-state index is 13.1.